The van der Waals surface area contributed by atoms with E-state index in [1.54, 1.807) is 43.0 Å². The van der Waals surface area contributed by atoms with Gasteiger partial charge in [-0.25, -0.2) is 4.98 Å². The van der Waals surface area contributed by atoms with Crippen LogP contribution in [0.2, 0.25) is 0 Å². The number of nitrogens with one attached hydrogen (secondary N) is 1. The van der Waals surface area contributed by atoms with Gasteiger partial charge in [0.1, 0.15) is 11.5 Å². The van der Waals surface area contributed by atoms with Gasteiger partial charge in [-0.15, -0.1) is 11.3 Å². The molecule has 0 aliphatic rings. The first-order chi connectivity index (χ1) is 15.6. The largest absolute Gasteiger partial charge is 0.495 e. The van der Waals surface area contributed by atoms with Crippen LogP contribution in [0.3, 0.4) is 0 Å². The number of nitrogen functional groups attached to an aromatic ring is 1. The fourth-order valence-corrected chi connectivity index (χ4v) is 4.32. The van der Waals surface area contributed by atoms with E-state index in [0.29, 0.717) is 48.0 Å². The quantitative estimate of drug-likeness (QED) is 0.279. The number of hydrogen-bond donors (Lipinski definition) is 2. The number of methoxy groups -OCH3 is 2. The summed E-state index contributed by atoms with van der Waals surface area (Å²) in [5.74, 6) is 0.590. The standard InChI is InChI=1S/C13H11BrN2O3S.C9H10BrNO2/c1-7(17)8-3-4-9(19-2)10(14)11(8)16-12(18)13-15-5-6-20-13;1-5(12)6-3-4-7(13-2)8(10)9(6)11/h3-6H,1-2H3,(H,16,18);3-4H,11H2,1-2H3. The van der Waals surface area contributed by atoms with Gasteiger partial charge in [-0.3, -0.25) is 14.4 Å². The van der Waals surface area contributed by atoms with Gasteiger partial charge in [0.2, 0.25) is 0 Å². The van der Waals surface area contributed by atoms with E-state index in [-0.39, 0.29) is 17.5 Å². The highest BCUT2D eigenvalue weighted by Crippen LogP contribution is 2.36. The maximum Gasteiger partial charge on any atom is 0.284 e. The molecule has 0 bridgehead atoms. The van der Waals surface area contributed by atoms with E-state index >= 15 is 0 Å². The number of thiazole rings is 1. The van der Waals surface area contributed by atoms with E-state index < -0.39 is 0 Å². The van der Waals surface area contributed by atoms with E-state index in [2.05, 4.69) is 42.2 Å². The Bertz CT molecular complexity index is 1180. The number of aromatic nitrogens is 1. The molecule has 3 N–H and O–H groups in total. The van der Waals surface area contributed by atoms with Gasteiger partial charge in [0.15, 0.2) is 16.6 Å². The lowest BCUT2D eigenvalue weighted by molar-refractivity contribution is 0.100. The van der Waals surface area contributed by atoms with Gasteiger partial charge >= 0.3 is 0 Å². The van der Waals surface area contributed by atoms with Crippen LogP contribution in [0.1, 0.15) is 44.4 Å². The van der Waals surface area contributed by atoms with Gasteiger partial charge in [-0.2, -0.15) is 0 Å². The van der Waals surface area contributed by atoms with Crippen LogP contribution in [0.4, 0.5) is 11.4 Å². The SMILES string of the molecule is COc1ccc(C(C)=O)c(N)c1Br.COc1ccc(C(C)=O)c(NC(=O)c2nccs2)c1Br. The van der Waals surface area contributed by atoms with Crippen molar-refractivity contribution < 1.29 is 23.9 Å². The number of anilines is 2. The number of ether oxygens (including phenoxy) is 2. The summed E-state index contributed by atoms with van der Waals surface area (Å²) in [5, 5.41) is 4.74. The molecule has 0 saturated heterocycles. The number of nitrogens with two attached hydrogens (primary N) is 1. The third kappa shape index (κ3) is 6.40. The van der Waals surface area contributed by atoms with Crippen molar-refractivity contribution in [3.63, 3.8) is 0 Å². The van der Waals surface area contributed by atoms with Crippen molar-refractivity contribution in [2.24, 2.45) is 0 Å². The van der Waals surface area contributed by atoms with Crippen molar-refractivity contribution in [2.75, 3.05) is 25.3 Å². The Morgan fingerprint density at radius 2 is 1.48 bits per heavy atom. The summed E-state index contributed by atoms with van der Waals surface area (Å²) in [4.78, 5) is 38.7. The lowest BCUT2D eigenvalue weighted by Gasteiger charge is -2.13. The average Bonchev–Trinajstić information content (AvgIpc) is 3.32. The topological polar surface area (TPSA) is 121 Å². The summed E-state index contributed by atoms with van der Waals surface area (Å²) >= 11 is 7.83. The second kappa shape index (κ2) is 11.9. The highest BCUT2D eigenvalue weighted by molar-refractivity contribution is 9.11. The van der Waals surface area contributed by atoms with E-state index in [1.807, 2.05) is 0 Å². The smallest absolute Gasteiger partial charge is 0.284 e. The Labute approximate surface area is 211 Å². The second-order valence-corrected chi connectivity index (χ2v) is 8.93. The van der Waals surface area contributed by atoms with Gasteiger partial charge < -0.3 is 20.5 Å². The molecule has 1 amide bonds. The van der Waals surface area contributed by atoms with Crippen LogP contribution in [0.5, 0.6) is 11.5 Å². The number of rotatable bonds is 6. The Balaban J connectivity index is 0.000000257. The van der Waals surface area contributed by atoms with E-state index in [1.165, 1.54) is 32.3 Å². The zero-order valence-electron chi connectivity index (χ0n) is 18.2. The molecular weight excluding hydrogens is 578 g/mol. The number of carbonyl (C=O) groups excluding carboxylic acids is 3. The third-order valence-corrected chi connectivity index (χ3v) is 6.69. The van der Waals surface area contributed by atoms with Crippen LogP contribution in [-0.2, 0) is 0 Å². The highest BCUT2D eigenvalue weighted by atomic mass is 79.9. The average molecular weight is 599 g/mol. The lowest BCUT2D eigenvalue weighted by atomic mass is 10.1. The maximum absolute atomic E-state index is 12.1. The number of benzene rings is 2. The number of nitrogens with zero attached hydrogens (tertiary/aromatic N) is 1. The third-order valence-electron chi connectivity index (χ3n) is 4.31. The first kappa shape index (κ1) is 26.5. The number of halogens is 2. The van der Waals surface area contributed by atoms with Gasteiger partial charge in [-0.05, 0) is 70.0 Å². The molecule has 3 aromatic rings. The van der Waals surface area contributed by atoms with Crippen molar-refractivity contribution in [1.82, 2.24) is 4.98 Å². The summed E-state index contributed by atoms with van der Waals surface area (Å²) in [6.07, 6.45) is 1.55. The Kier molecular flexibility index (Phi) is 9.56. The van der Waals surface area contributed by atoms with Crippen molar-refractivity contribution in [1.29, 1.82) is 0 Å². The molecule has 0 spiro atoms. The van der Waals surface area contributed by atoms with Crippen LogP contribution in [0.25, 0.3) is 0 Å². The summed E-state index contributed by atoms with van der Waals surface area (Å²) in [6, 6.07) is 6.64. The van der Waals surface area contributed by atoms with Gasteiger partial charge in [0, 0.05) is 22.7 Å². The van der Waals surface area contributed by atoms with Crippen LogP contribution in [0.15, 0.2) is 44.8 Å². The summed E-state index contributed by atoms with van der Waals surface area (Å²) in [6.45, 7) is 2.91. The van der Waals surface area contributed by atoms with E-state index in [4.69, 9.17) is 15.2 Å². The monoisotopic (exact) mass is 597 g/mol. The summed E-state index contributed by atoms with van der Waals surface area (Å²) in [5.41, 5.74) is 7.43. The van der Waals surface area contributed by atoms with Gasteiger partial charge in [0.25, 0.3) is 5.91 Å². The first-order valence-electron chi connectivity index (χ1n) is 9.33. The van der Waals surface area contributed by atoms with Crippen LogP contribution in [-0.4, -0.2) is 36.7 Å². The molecule has 0 saturated carbocycles. The fourth-order valence-electron chi connectivity index (χ4n) is 2.67. The molecule has 174 valence electrons. The number of carbonyl (C=O) groups is 3. The highest BCUT2D eigenvalue weighted by Gasteiger charge is 2.19. The lowest BCUT2D eigenvalue weighted by Crippen LogP contribution is -2.15. The first-order valence-corrected chi connectivity index (χ1v) is 11.8. The molecule has 11 heteroatoms. The van der Waals surface area contributed by atoms with Crippen molar-refractivity contribution in [3.05, 3.63) is 60.9 Å². The Morgan fingerprint density at radius 3 is 1.97 bits per heavy atom. The minimum atomic E-state index is -0.364. The molecule has 2 aromatic carbocycles. The number of Topliss-reactive ketones (excluding diaryl/α,β-unsaturated/α-hetero) is 2. The molecular formula is C22H21Br2N3O5S. The predicted octanol–water partition coefficient (Wildman–Crippen LogP) is 5.61. The zero-order chi connectivity index (χ0) is 24.7. The van der Waals surface area contributed by atoms with E-state index in [9.17, 15) is 14.4 Å². The molecule has 0 fully saturated rings. The Morgan fingerprint density at radius 1 is 0.939 bits per heavy atom. The van der Waals surface area contributed by atoms with Crippen molar-refractivity contribution in [2.45, 2.75) is 13.8 Å². The molecule has 0 aliphatic carbocycles. The minimum Gasteiger partial charge on any atom is -0.495 e. The van der Waals surface area contributed by atoms with Crippen molar-refractivity contribution in [3.8, 4) is 11.5 Å². The van der Waals surface area contributed by atoms with Gasteiger partial charge in [-0.1, -0.05) is 0 Å². The number of ketones is 2. The molecule has 1 aromatic heterocycles. The van der Waals surface area contributed by atoms with Crippen LogP contribution < -0.4 is 20.5 Å². The van der Waals surface area contributed by atoms with E-state index in [0.717, 1.165) is 0 Å². The van der Waals surface area contributed by atoms with Crippen LogP contribution >= 0.6 is 43.2 Å². The zero-order valence-corrected chi connectivity index (χ0v) is 22.2. The molecule has 0 radical (unpaired) electrons. The second-order valence-electron chi connectivity index (χ2n) is 6.45. The molecule has 33 heavy (non-hydrogen) atoms. The molecule has 8 nitrogen and oxygen atoms in total. The predicted molar refractivity (Wildman–Crippen MR) is 136 cm³/mol. The maximum atomic E-state index is 12.1. The summed E-state index contributed by atoms with van der Waals surface area (Å²) in [7, 11) is 3.06. The number of amides is 1. The molecule has 0 atom stereocenters. The summed E-state index contributed by atoms with van der Waals surface area (Å²) < 4.78 is 11.3. The Hall–Kier alpha value is -2.76. The van der Waals surface area contributed by atoms with Crippen molar-refractivity contribution >= 4 is 72.0 Å². The minimum absolute atomic E-state index is 0.0548. The molecule has 0 aliphatic heterocycles. The molecule has 1 heterocycles. The molecule has 0 unspecified atom stereocenters. The van der Waals surface area contributed by atoms with Crippen LogP contribution in [0, 0.1) is 0 Å². The van der Waals surface area contributed by atoms with Gasteiger partial charge in [0.05, 0.1) is 34.5 Å². The molecule has 3 rings (SSSR count). The fraction of sp³-hybridized carbons (Fsp3) is 0.182. The number of hydrogen-bond acceptors (Lipinski definition) is 8. The normalized spacial score (nSPS) is 10.0.